The molecule has 2 fully saturated rings. The summed E-state index contributed by atoms with van der Waals surface area (Å²) in [7, 11) is 3.50. The molecule has 2 aromatic carbocycles. The normalized spacial score (nSPS) is 17.5. The summed E-state index contributed by atoms with van der Waals surface area (Å²) in [5.41, 5.74) is 6.49. The number of alkyl halides is 2. The Hall–Kier alpha value is -3.48. The number of benzene rings is 2. The van der Waals surface area contributed by atoms with Gasteiger partial charge in [-0.05, 0) is 39.0 Å². The maximum Gasteiger partial charge on any atom is 0.318 e. The number of nitrogen functional groups attached to an aromatic ring is 1. The molecule has 0 radical (unpaired) electrons. The van der Waals surface area contributed by atoms with Crippen molar-refractivity contribution in [1.29, 1.82) is 0 Å². The standard InChI is InChI=1S/C22H19ClF3N7O.C5H11N/c1-34-21-31-18-13(19(32-21)33-6-5-28-9-22(25,26)10-33)7-14(23)15(16(18)24)12-4-2-3-11-8-29-20(27)30-17(11)12;1-6-4-2-3-5-6/h2-4,7-8,28H,5-6,9-10H2,1H3,(H2,27,29,30);2-5H2,1H3. The molecule has 2 aliphatic heterocycles. The molecule has 0 saturated carbocycles. The molecule has 4 aromatic rings. The van der Waals surface area contributed by atoms with Crippen LogP contribution in [-0.4, -0.2) is 84.2 Å². The summed E-state index contributed by atoms with van der Waals surface area (Å²) in [4.78, 5) is 20.4. The van der Waals surface area contributed by atoms with Gasteiger partial charge in [0.25, 0.3) is 5.92 Å². The van der Waals surface area contributed by atoms with Gasteiger partial charge in [-0.25, -0.2) is 23.1 Å². The van der Waals surface area contributed by atoms with Crippen molar-refractivity contribution < 1.29 is 17.9 Å². The monoisotopic (exact) mass is 574 g/mol. The molecule has 2 saturated heterocycles. The Bertz CT molecular complexity index is 1530. The maximum absolute atomic E-state index is 16.1. The predicted molar refractivity (Wildman–Crippen MR) is 151 cm³/mol. The van der Waals surface area contributed by atoms with E-state index in [1.54, 1.807) is 18.2 Å². The summed E-state index contributed by atoms with van der Waals surface area (Å²) in [5.74, 6) is -3.62. The molecule has 4 heterocycles. The number of anilines is 2. The number of para-hydroxylation sites is 1. The highest BCUT2D eigenvalue weighted by molar-refractivity contribution is 6.35. The second-order valence-corrected chi connectivity index (χ2v) is 10.3. The van der Waals surface area contributed by atoms with E-state index in [2.05, 4.69) is 37.2 Å². The first-order valence-corrected chi connectivity index (χ1v) is 13.3. The van der Waals surface area contributed by atoms with Crippen LogP contribution in [0.25, 0.3) is 32.9 Å². The molecule has 0 atom stereocenters. The number of likely N-dealkylation sites (tertiary alicyclic amines) is 1. The van der Waals surface area contributed by atoms with Gasteiger partial charge in [-0.15, -0.1) is 0 Å². The molecule has 0 bridgehead atoms. The quantitative estimate of drug-likeness (QED) is 0.369. The molecule has 13 heteroatoms. The van der Waals surface area contributed by atoms with Gasteiger partial charge in [0.05, 0.1) is 30.7 Å². The number of hydrogen-bond acceptors (Lipinski definition) is 9. The third-order valence-corrected chi connectivity index (χ3v) is 7.22. The van der Waals surface area contributed by atoms with E-state index in [1.807, 2.05) is 0 Å². The average Bonchev–Trinajstić information content (AvgIpc) is 3.33. The van der Waals surface area contributed by atoms with Crippen LogP contribution >= 0.6 is 11.6 Å². The van der Waals surface area contributed by atoms with Gasteiger partial charge >= 0.3 is 6.01 Å². The molecule has 2 aliphatic rings. The lowest BCUT2D eigenvalue weighted by atomic mass is 10.00. The molecule has 0 aliphatic carbocycles. The Morgan fingerprint density at radius 3 is 2.58 bits per heavy atom. The van der Waals surface area contributed by atoms with Crippen molar-refractivity contribution in [1.82, 2.24) is 30.2 Å². The molecular weight excluding hydrogens is 545 g/mol. The number of nitrogens with two attached hydrogens (primary N) is 1. The zero-order valence-corrected chi connectivity index (χ0v) is 23.0. The van der Waals surface area contributed by atoms with Crippen molar-refractivity contribution in [2.75, 3.05) is 64.1 Å². The number of nitrogens with zero attached hydrogens (tertiary/aromatic N) is 6. The average molecular weight is 575 g/mol. The Kier molecular flexibility index (Phi) is 8.11. The third kappa shape index (κ3) is 5.84. The van der Waals surface area contributed by atoms with Crippen LogP contribution in [0, 0.1) is 5.82 Å². The van der Waals surface area contributed by atoms with Crippen LogP contribution in [0.3, 0.4) is 0 Å². The lowest BCUT2D eigenvalue weighted by Gasteiger charge is -2.26. The number of halogens is 4. The van der Waals surface area contributed by atoms with Crippen molar-refractivity contribution >= 4 is 45.2 Å². The topological polar surface area (TPSA) is 105 Å². The summed E-state index contributed by atoms with van der Waals surface area (Å²) in [6.07, 6.45) is 4.36. The highest BCUT2D eigenvalue weighted by Crippen LogP contribution is 2.41. The van der Waals surface area contributed by atoms with Gasteiger partial charge in [0.1, 0.15) is 11.3 Å². The lowest BCUT2D eigenvalue weighted by Crippen LogP contribution is -2.39. The minimum atomic E-state index is -3.01. The van der Waals surface area contributed by atoms with E-state index in [9.17, 15) is 8.78 Å². The molecule has 9 nitrogen and oxygen atoms in total. The van der Waals surface area contributed by atoms with E-state index in [-0.39, 0.29) is 45.8 Å². The number of nitrogens with one attached hydrogen (secondary N) is 1. The van der Waals surface area contributed by atoms with Gasteiger partial charge in [0, 0.05) is 41.2 Å². The number of rotatable bonds is 3. The van der Waals surface area contributed by atoms with E-state index in [0.29, 0.717) is 23.0 Å². The summed E-state index contributed by atoms with van der Waals surface area (Å²) in [5, 5.41) is 3.58. The fraction of sp³-hybridized carbons (Fsp3) is 0.407. The van der Waals surface area contributed by atoms with E-state index in [0.717, 1.165) is 0 Å². The molecule has 0 spiro atoms. The first kappa shape index (κ1) is 28.1. The van der Waals surface area contributed by atoms with Crippen molar-refractivity contribution in [2.45, 2.75) is 18.8 Å². The number of ether oxygens (including phenoxy) is 1. The molecule has 3 N–H and O–H groups in total. The Morgan fingerprint density at radius 1 is 1.10 bits per heavy atom. The van der Waals surface area contributed by atoms with Crippen LogP contribution < -0.4 is 20.7 Å². The van der Waals surface area contributed by atoms with Crippen LogP contribution in [0.4, 0.5) is 24.9 Å². The largest absolute Gasteiger partial charge is 0.467 e. The number of hydrogen-bond donors (Lipinski definition) is 2. The van der Waals surface area contributed by atoms with Crippen LogP contribution in [0.5, 0.6) is 6.01 Å². The second kappa shape index (κ2) is 11.6. The molecule has 2 aromatic heterocycles. The van der Waals surface area contributed by atoms with Gasteiger partial charge in [0.15, 0.2) is 5.82 Å². The van der Waals surface area contributed by atoms with Gasteiger partial charge in [-0.1, -0.05) is 29.8 Å². The fourth-order valence-corrected chi connectivity index (χ4v) is 5.26. The number of fused-ring (bicyclic) bond motifs is 2. The van der Waals surface area contributed by atoms with Gasteiger partial charge < -0.3 is 25.6 Å². The van der Waals surface area contributed by atoms with Crippen molar-refractivity contribution in [3.63, 3.8) is 0 Å². The molecular formula is C27H30ClF3N8O. The first-order chi connectivity index (χ1) is 19.2. The van der Waals surface area contributed by atoms with Gasteiger partial charge in [-0.2, -0.15) is 9.97 Å². The van der Waals surface area contributed by atoms with Gasteiger partial charge in [0.2, 0.25) is 5.95 Å². The highest BCUT2D eigenvalue weighted by Gasteiger charge is 2.35. The third-order valence-electron chi connectivity index (χ3n) is 6.92. The van der Waals surface area contributed by atoms with E-state index >= 15 is 4.39 Å². The minimum absolute atomic E-state index is 0.0271. The maximum atomic E-state index is 16.1. The van der Waals surface area contributed by atoms with E-state index < -0.39 is 24.8 Å². The summed E-state index contributed by atoms with van der Waals surface area (Å²) in [6.45, 7) is 2.10. The molecule has 212 valence electrons. The smallest absolute Gasteiger partial charge is 0.318 e. The Morgan fingerprint density at radius 2 is 1.88 bits per heavy atom. The molecule has 0 unspecified atom stereocenters. The second-order valence-electron chi connectivity index (χ2n) is 9.91. The summed E-state index contributed by atoms with van der Waals surface area (Å²) in [6, 6.07) is 6.46. The minimum Gasteiger partial charge on any atom is -0.467 e. The molecule has 40 heavy (non-hydrogen) atoms. The van der Waals surface area contributed by atoms with E-state index in [1.165, 1.54) is 50.2 Å². The predicted octanol–water partition coefficient (Wildman–Crippen LogP) is 4.38. The van der Waals surface area contributed by atoms with Crippen LogP contribution in [-0.2, 0) is 0 Å². The van der Waals surface area contributed by atoms with E-state index in [4.69, 9.17) is 22.1 Å². The van der Waals surface area contributed by atoms with Crippen molar-refractivity contribution in [3.05, 3.63) is 41.3 Å². The van der Waals surface area contributed by atoms with Gasteiger partial charge in [-0.3, -0.25) is 0 Å². The highest BCUT2D eigenvalue weighted by atomic mass is 35.5. The zero-order valence-electron chi connectivity index (χ0n) is 22.2. The Balaban J connectivity index is 0.000000477. The van der Waals surface area contributed by atoms with Crippen molar-refractivity contribution in [2.24, 2.45) is 0 Å². The van der Waals surface area contributed by atoms with Crippen molar-refractivity contribution in [3.8, 4) is 17.1 Å². The lowest BCUT2D eigenvalue weighted by molar-refractivity contribution is 0.0156. The zero-order chi connectivity index (χ0) is 28.4. The fourth-order valence-electron chi connectivity index (χ4n) is 4.97. The molecule has 0 amide bonds. The van der Waals surface area contributed by atoms with Crippen LogP contribution in [0.1, 0.15) is 12.8 Å². The number of methoxy groups -OCH3 is 1. The Labute approximate surface area is 234 Å². The SMILES string of the molecule is CN1CCCC1.COc1nc(N2CCNCC(F)(F)C2)c2cc(Cl)c(-c3cccc4cnc(N)nc34)c(F)c2n1. The molecule has 6 rings (SSSR count). The first-order valence-electron chi connectivity index (χ1n) is 12.9. The van der Waals surface area contributed by atoms with Crippen LogP contribution in [0.2, 0.25) is 5.02 Å². The summed E-state index contributed by atoms with van der Waals surface area (Å²) >= 11 is 6.58. The summed E-state index contributed by atoms with van der Waals surface area (Å²) < 4.78 is 49.8. The number of aromatic nitrogens is 4. The van der Waals surface area contributed by atoms with Crippen LogP contribution in [0.15, 0.2) is 30.5 Å².